The number of rotatable bonds is 9. The summed E-state index contributed by atoms with van der Waals surface area (Å²) in [6.45, 7) is 10.4. The van der Waals surface area contributed by atoms with E-state index in [1.807, 2.05) is 37.5 Å². The molecule has 35 heavy (non-hydrogen) atoms. The number of carbonyl (C=O) groups excluding carboxylic acids is 1. The highest BCUT2D eigenvalue weighted by Gasteiger charge is 2.23. The number of aromatic nitrogens is 3. The van der Waals surface area contributed by atoms with E-state index in [1.54, 1.807) is 6.08 Å². The summed E-state index contributed by atoms with van der Waals surface area (Å²) in [4.78, 5) is 14.0. The molecule has 1 aliphatic rings. The minimum Gasteiger partial charge on any atom is -0.482 e. The van der Waals surface area contributed by atoms with E-state index in [-0.39, 0.29) is 17.8 Å². The molecule has 0 fully saturated rings. The normalized spacial score (nSPS) is 13.5. The van der Waals surface area contributed by atoms with Crippen LogP contribution in [0.4, 0.5) is 5.00 Å². The molecule has 0 saturated carbocycles. The van der Waals surface area contributed by atoms with Crippen molar-refractivity contribution in [1.82, 2.24) is 14.8 Å². The molecule has 1 amide bonds. The summed E-state index contributed by atoms with van der Waals surface area (Å²) in [7, 11) is 0. The maximum Gasteiger partial charge on any atom is 0.235 e. The summed E-state index contributed by atoms with van der Waals surface area (Å²) < 4.78 is 8.10. The van der Waals surface area contributed by atoms with Crippen molar-refractivity contribution in [2.24, 2.45) is 0 Å². The van der Waals surface area contributed by atoms with Crippen LogP contribution in [0.1, 0.15) is 58.8 Å². The van der Waals surface area contributed by atoms with Gasteiger partial charge in [0, 0.05) is 11.4 Å². The van der Waals surface area contributed by atoms with Crippen molar-refractivity contribution in [2.75, 3.05) is 11.1 Å². The van der Waals surface area contributed by atoms with Crippen LogP contribution in [-0.4, -0.2) is 26.4 Å². The van der Waals surface area contributed by atoms with Gasteiger partial charge in [-0.1, -0.05) is 35.5 Å². The molecular weight excluding hydrogens is 478 g/mol. The predicted octanol–water partition coefficient (Wildman–Crippen LogP) is 5.76. The van der Waals surface area contributed by atoms with E-state index in [2.05, 4.69) is 34.2 Å². The third-order valence-corrected chi connectivity index (χ3v) is 8.10. The van der Waals surface area contributed by atoms with Crippen molar-refractivity contribution in [2.45, 2.75) is 64.3 Å². The third kappa shape index (κ3) is 5.60. The van der Waals surface area contributed by atoms with E-state index < -0.39 is 0 Å². The average molecular weight is 508 g/mol. The second-order valence-corrected chi connectivity index (χ2v) is 10.7. The molecule has 0 spiro atoms. The van der Waals surface area contributed by atoms with Gasteiger partial charge in [0.15, 0.2) is 17.1 Å². The van der Waals surface area contributed by atoms with Gasteiger partial charge >= 0.3 is 0 Å². The van der Waals surface area contributed by atoms with Gasteiger partial charge < -0.3 is 10.1 Å². The number of ether oxygens (including phenoxy) is 1. The second kappa shape index (κ2) is 11.1. The second-order valence-electron chi connectivity index (χ2n) is 8.63. The van der Waals surface area contributed by atoms with Gasteiger partial charge in [0.1, 0.15) is 16.8 Å². The Morgan fingerprint density at radius 1 is 1.37 bits per heavy atom. The van der Waals surface area contributed by atoms with Gasteiger partial charge in [0.2, 0.25) is 5.91 Å². The Morgan fingerprint density at radius 2 is 2.17 bits per heavy atom. The largest absolute Gasteiger partial charge is 0.482 e. The maximum absolute atomic E-state index is 12.7. The molecule has 1 aliphatic carbocycles. The molecule has 2 heterocycles. The number of aryl methyl sites for hydroxylation is 3. The van der Waals surface area contributed by atoms with Gasteiger partial charge in [0.05, 0.1) is 11.3 Å². The number of allylic oxidation sites excluding steroid dienone is 1. The number of anilines is 1. The Morgan fingerprint density at radius 3 is 2.91 bits per heavy atom. The number of thiophene rings is 1. The van der Waals surface area contributed by atoms with Crippen molar-refractivity contribution in [3.8, 4) is 11.8 Å². The molecule has 9 heteroatoms. The summed E-state index contributed by atoms with van der Waals surface area (Å²) in [6.07, 6.45) is 5.56. The Kier molecular flexibility index (Phi) is 7.93. The topological polar surface area (TPSA) is 92.8 Å². The van der Waals surface area contributed by atoms with E-state index in [0.29, 0.717) is 28.1 Å². The smallest absolute Gasteiger partial charge is 0.235 e. The lowest BCUT2D eigenvalue weighted by Gasteiger charge is -2.17. The number of fused-ring (bicyclic) bond motifs is 1. The minimum atomic E-state index is -0.331. The number of benzene rings is 1. The monoisotopic (exact) mass is 507 g/mol. The van der Waals surface area contributed by atoms with E-state index in [0.717, 1.165) is 42.6 Å². The zero-order valence-electron chi connectivity index (χ0n) is 20.3. The first kappa shape index (κ1) is 25.0. The number of hydrogen-bond donors (Lipinski definition) is 1. The predicted molar refractivity (Wildman–Crippen MR) is 140 cm³/mol. The molecule has 2 aromatic heterocycles. The Balaban J connectivity index is 1.44. The van der Waals surface area contributed by atoms with Crippen molar-refractivity contribution >= 4 is 34.0 Å². The summed E-state index contributed by atoms with van der Waals surface area (Å²) >= 11 is 2.84. The summed E-state index contributed by atoms with van der Waals surface area (Å²) in [5.74, 6) is 1.47. The number of thioether (sulfide) groups is 1. The Bertz CT molecular complexity index is 1290. The van der Waals surface area contributed by atoms with Gasteiger partial charge in [-0.05, 0) is 63.6 Å². The van der Waals surface area contributed by atoms with E-state index >= 15 is 0 Å². The van der Waals surface area contributed by atoms with Crippen LogP contribution in [0.2, 0.25) is 0 Å². The highest BCUT2D eigenvalue weighted by molar-refractivity contribution is 7.99. The molecular formula is C26H29N5O2S2. The maximum atomic E-state index is 12.7. The zero-order chi connectivity index (χ0) is 24.9. The van der Waals surface area contributed by atoms with Crippen LogP contribution in [0, 0.1) is 25.2 Å². The first-order valence-electron chi connectivity index (χ1n) is 11.7. The highest BCUT2D eigenvalue weighted by atomic mass is 32.2. The van der Waals surface area contributed by atoms with Gasteiger partial charge in [-0.25, -0.2) is 0 Å². The van der Waals surface area contributed by atoms with Crippen LogP contribution in [0.15, 0.2) is 36.0 Å². The quantitative estimate of drug-likeness (QED) is 0.292. The Hall–Kier alpha value is -3.09. The lowest BCUT2D eigenvalue weighted by atomic mass is 9.96. The standard InChI is InChI=1S/C26H29N5O2S2/c1-5-12-31-24(18(4)33-21-11-10-16(2)13-17(21)3)29-30-26(31)34-15-23(32)28-25-20(14-27)19-8-6-7-9-22(19)35-25/h5,10-11,13,18H,1,6-9,12,15H2,2-4H3,(H,28,32). The third-order valence-electron chi connectivity index (χ3n) is 5.92. The van der Waals surface area contributed by atoms with Gasteiger partial charge in [-0.2, -0.15) is 5.26 Å². The molecule has 182 valence electrons. The van der Waals surface area contributed by atoms with Gasteiger partial charge in [-0.15, -0.1) is 28.1 Å². The van der Waals surface area contributed by atoms with Crippen molar-refractivity contribution in [3.63, 3.8) is 0 Å². The first-order chi connectivity index (χ1) is 16.9. The number of nitrogens with one attached hydrogen (secondary N) is 1. The molecule has 3 aromatic rings. The number of nitriles is 1. The van der Waals surface area contributed by atoms with E-state index in [4.69, 9.17) is 4.74 Å². The molecule has 1 N–H and O–H groups in total. The summed E-state index contributed by atoms with van der Waals surface area (Å²) in [6, 6.07) is 8.35. The van der Waals surface area contributed by atoms with Crippen LogP contribution >= 0.6 is 23.1 Å². The van der Waals surface area contributed by atoms with Crippen LogP contribution < -0.4 is 10.1 Å². The van der Waals surface area contributed by atoms with E-state index in [1.165, 1.54) is 33.5 Å². The molecule has 7 nitrogen and oxygen atoms in total. The lowest BCUT2D eigenvalue weighted by molar-refractivity contribution is -0.113. The van der Waals surface area contributed by atoms with Crippen molar-refractivity contribution < 1.29 is 9.53 Å². The molecule has 1 unspecified atom stereocenters. The van der Waals surface area contributed by atoms with Crippen molar-refractivity contribution in [3.05, 3.63) is 63.8 Å². The molecule has 0 radical (unpaired) electrons. The molecule has 0 saturated heterocycles. The van der Waals surface area contributed by atoms with Crippen LogP contribution in [0.5, 0.6) is 5.75 Å². The fourth-order valence-corrected chi connectivity index (χ4v) is 6.26. The number of nitrogens with zero attached hydrogens (tertiary/aromatic N) is 4. The SMILES string of the molecule is C=CCn1c(SCC(=O)Nc2sc3c(c2C#N)CCCC3)nnc1C(C)Oc1ccc(C)cc1C. The average Bonchev–Trinajstić information content (AvgIpc) is 3.40. The fourth-order valence-electron chi connectivity index (χ4n) is 4.25. The fraction of sp³-hybridized carbons (Fsp3) is 0.385. The molecule has 0 aliphatic heterocycles. The number of carbonyl (C=O) groups is 1. The highest BCUT2D eigenvalue weighted by Crippen LogP contribution is 2.37. The lowest BCUT2D eigenvalue weighted by Crippen LogP contribution is -2.15. The molecule has 1 aromatic carbocycles. The van der Waals surface area contributed by atoms with Crippen LogP contribution in [0.25, 0.3) is 0 Å². The number of amides is 1. The zero-order valence-corrected chi connectivity index (χ0v) is 21.9. The number of hydrogen-bond acceptors (Lipinski definition) is 7. The van der Waals surface area contributed by atoms with E-state index in [9.17, 15) is 10.1 Å². The molecule has 4 rings (SSSR count). The summed E-state index contributed by atoms with van der Waals surface area (Å²) in [5, 5.41) is 22.5. The van der Waals surface area contributed by atoms with Gasteiger partial charge in [0.25, 0.3) is 0 Å². The molecule has 0 bridgehead atoms. The summed E-state index contributed by atoms with van der Waals surface area (Å²) in [5.41, 5.74) is 3.97. The minimum absolute atomic E-state index is 0.162. The van der Waals surface area contributed by atoms with Crippen LogP contribution in [0.3, 0.4) is 0 Å². The Labute approximate surface area is 214 Å². The van der Waals surface area contributed by atoms with Crippen LogP contribution in [-0.2, 0) is 24.2 Å². The first-order valence-corrected chi connectivity index (χ1v) is 13.5. The molecule has 1 atom stereocenters. The van der Waals surface area contributed by atoms with Gasteiger partial charge in [-0.3, -0.25) is 9.36 Å². The van der Waals surface area contributed by atoms with Crippen molar-refractivity contribution in [1.29, 1.82) is 5.26 Å².